The third-order valence-corrected chi connectivity index (χ3v) is 4.25. The first-order valence-corrected chi connectivity index (χ1v) is 8.43. The highest BCUT2D eigenvalue weighted by molar-refractivity contribution is 7.92. The van der Waals surface area contributed by atoms with Gasteiger partial charge in [-0.05, 0) is 25.0 Å². The molecule has 0 bridgehead atoms. The van der Waals surface area contributed by atoms with E-state index in [9.17, 15) is 13.2 Å². The monoisotopic (exact) mass is 318 g/mol. The summed E-state index contributed by atoms with van der Waals surface area (Å²) >= 11 is 5.53. The van der Waals surface area contributed by atoms with E-state index < -0.39 is 10.0 Å². The Balaban J connectivity index is 2.90. The van der Waals surface area contributed by atoms with Gasteiger partial charge in [0.25, 0.3) is 5.91 Å². The molecule has 0 aromatic heterocycles. The first kappa shape index (κ1) is 16.8. The quantitative estimate of drug-likeness (QED) is 0.619. The number of nitrogens with zero attached hydrogens (tertiary/aromatic N) is 1. The zero-order valence-electron chi connectivity index (χ0n) is 11.6. The van der Waals surface area contributed by atoms with Crippen LogP contribution >= 0.6 is 11.6 Å². The standard InChI is InChI=1S/C13H19ClN2O3S/c1-16(2)13(17)11-7-3-4-8-12(11)15-20(18,19)10-6-5-9-14/h3-4,7-8,15H,5-6,9-10H2,1-2H3. The van der Waals surface area contributed by atoms with Gasteiger partial charge in [-0.3, -0.25) is 9.52 Å². The summed E-state index contributed by atoms with van der Waals surface area (Å²) in [5.74, 6) is 0.180. The summed E-state index contributed by atoms with van der Waals surface area (Å²) in [6, 6.07) is 6.56. The van der Waals surface area contributed by atoms with Crippen LogP contribution in [0.2, 0.25) is 0 Å². The predicted molar refractivity (Wildman–Crippen MR) is 81.8 cm³/mol. The highest BCUT2D eigenvalue weighted by Crippen LogP contribution is 2.18. The molecule has 0 unspecified atom stereocenters. The lowest BCUT2D eigenvalue weighted by molar-refractivity contribution is 0.0828. The number of alkyl halides is 1. The second-order valence-electron chi connectivity index (χ2n) is 4.56. The number of rotatable bonds is 7. The molecule has 1 aromatic rings. The summed E-state index contributed by atoms with van der Waals surface area (Å²) in [5.41, 5.74) is 0.635. The molecular formula is C13H19ClN2O3S. The van der Waals surface area contributed by atoms with Crippen LogP contribution in [-0.2, 0) is 10.0 Å². The van der Waals surface area contributed by atoms with Gasteiger partial charge in [-0.25, -0.2) is 8.42 Å². The maximum absolute atomic E-state index is 12.0. The number of nitrogens with one attached hydrogen (secondary N) is 1. The van der Waals surface area contributed by atoms with Crippen molar-refractivity contribution in [3.63, 3.8) is 0 Å². The van der Waals surface area contributed by atoms with E-state index >= 15 is 0 Å². The normalized spacial score (nSPS) is 11.2. The molecule has 112 valence electrons. The Morgan fingerprint density at radius 2 is 1.90 bits per heavy atom. The molecule has 0 aliphatic rings. The maximum atomic E-state index is 12.0. The van der Waals surface area contributed by atoms with Crippen LogP contribution in [0.3, 0.4) is 0 Å². The van der Waals surface area contributed by atoms with Crippen molar-refractivity contribution in [3.8, 4) is 0 Å². The van der Waals surface area contributed by atoms with Crippen molar-refractivity contribution in [2.75, 3.05) is 30.5 Å². The fourth-order valence-electron chi connectivity index (χ4n) is 1.60. The molecule has 0 radical (unpaired) electrons. The lowest BCUT2D eigenvalue weighted by Gasteiger charge is -2.15. The van der Waals surface area contributed by atoms with E-state index in [2.05, 4.69) is 4.72 Å². The molecule has 1 aromatic carbocycles. The van der Waals surface area contributed by atoms with Crippen molar-refractivity contribution >= 4 is 33.2 Å². The van der Waals surface area contributed by atoms with Crippen molar-refractivity contribution in [2.24, 2.45) is 0 Å². The number of unbranched alkanes of at least 4 members (excludes halogenated alkanes) is 1. The van der Waals surface area contributed by atoms with Crippen LogP contribution in [0.5, 0.6) is 0 Å². The van der Waals surface area contributed by atoms with Crippen LogP contribution in [0.25, 0.3) is 0 Å². The first-order chi connectivity index (χ1) is 9.37. The number of sulfonamides is 1. The molecular weight excluding hydrogens is 300 g/mol. The molecule has 0 spiro atoms. The summed E-state index contributed by atoms with van der Waals surface area (Å²) in [6.07, 6.45) is 1.13. The van der Waals surface area contributed by atoms with Gasteiger partial charge in [0, 0.05) is 20.0 Å². The Kier molecular flexibility index (Phi) is 6.29. The fourth-order valence-corrected chi connectivity index (χ4v) is 2.99. The van der Waals surface area contributed by atoms with E-state index in [0.29, 0.717) is 30.0 Å². The zero-order chi connectivity index (χ0) is 15.2. The second kappa shape index (κ2) is 7.50. The Morgan fingerprint density at radius 1 is 1.25 bits per heavy atom. The molecule has 5 nitrogen and oxygen atoms in total. The fraction of sp³-hybridized carbons (Fsp3) is 0.462. The van der Waals surface area contributed by atoms with E-state index in [0.717, 1.165) is 0 Å². The molecule has 1 rings (SSSR count). The topological polar surface area (TPSA) is 66.5 Å². The Bertz CT molecular complexity index is 558. The van der Waals surface area contributed by atoms with Crippen molar-refractivity contribution in [3.05, 3.63) is 29.8 Å². The van der Waals surface area contributed by atoms with E-state index in [1.54, 1.807) is 38.4 Å². The summed E-state index contributed by atoms with van der Waals surface area (Å²) in [7, 11) is -0.230. The predicted octanol–water partition coefficient (Wildman–Crippen LogP) is 2.15. The number of carbonyl (C=O) groups excluding carboxylic acids is 1. The van der Waals surface area contributed by atoms with Gasteiger partial charge in [0.1, 0.15) is 0 Å². The van der Waals surface area contributed by atoms with E-state index in [-0.39, 0.29) is 11.7 Å². The molecule has 0 heterocycles. The summed E-state index contributed by atoms with van der Waals surface area (Å²) in [5, 5.41) is 0. The SMILES string of the molecule is CN(C)C(=O)c1ccccc1NS(=O)(=O)CCCCCl. The number of hydrogen-bond acceptors (Lipinski definition) is 3. The Hall–Kier alpha value is -1.27. The van der Waals surface area contributed by atoms with Gasteiger partial charge in [0.15, 0.2) is 0 Å². The van der Waals surface area contributed by atoms with Crippen LogP contribution in [0.4, 0.5) is 5.69 Å². The average molecular weight is 319 g/mol. The summed E-state index contributed by atoms with van der Waals surface area (Å²) < 4.78 is 26.3. The van der Waals surface area contributed by atoms with Crippen molar-refractivity contribution in [1.29, 1.82) is 0 Å². The molecule has 7 heteroatoms. The van der Waals surface area contributed by atoms with Gasteiger partial charge < -0.3 is 4.90 Å². The third-order valence-electron chi connectivity index (χ3n) is 2.63. The highest BCUT2D eigenvalue weighted by atomic mass is 35.5. The molecule has 0 saturated heterocycles. The zero-order valence-corrected chi connectivity index (χ0v) is 13.2. The van der Waals surface area contributed by atoms with Crippen molar-refractivity contribution in [1.82, 2.24) is 4.90 Å². The number of amides is 1. The number of hydrogen-bond donors (Lipinski definition) is 1. The largest absolute Gasteiger partial charge is 0.345 e. The van der Waals surface area contributed by atoms with E-state index in [1.165, 1.54) is 4.90 Å². The maximum Gasteiger partial charge on any atom is 0.255 e. The lowest BCUT2D eigenvalue weighted by Crippen LogP contribution is -2.24. The van der Waals surface area contributed by atoms with Gasteiger partial charge in [0.05, 0.1) is 17.0 Å². The molecule has 20 heavy (non-hydrogen) atoms. The number of para-hydroxylation sites is 1. The van der Waals surface area contributed by atoms with Crippen LogP contribution in [-0.4, -0.2) is 45.0 Å². The van der Waals surface area contributed by atoms with E-state index in [1.807, 2.05) is 0 Å². The first-order valence-electron chi connectivity index (χ1n) is 6.24. The van der Waals surface area contributed by atoms with Crippen LogP contribution in [0, 0.1) is 0 Å². The van der Waals surface area contributed by atoms with Gasteiger partial charge >= 0.3 is 0 Å². The highest BCUT2D eigenvalue weighted by Gasteiger charge is 2.17. The number of carbonyl (C=O) groups is 1. The van der Waals surface area contributed by atoms with E-state index in [4.69, 9.17) is 11.6 Å². The lowest BCUT2D eigenvalue weighted by atomic mass is 10.1. The van der Waals surface area contributed by atoms with Crippen LogP contribution in [0.15, 0.2) is 24.3 Å². The van der Waals surface area contributed by atoms with Crippen molar-refractivity contribution < 1.29 is 13.2 Å². The summed E-state index contributed by atoms with van der Waals surface area (Å²) in [4.78, 5) is 13.4. The molecule has 1 N–H and O–H groups in total. The minimum absolute atomic E-state index is 0.00971. The molecule has 1 amide bonds. The smallest absolute Gasteiger partial charge is 0.255 e. The Labute approximate surface area is 125 Å². The van der Waals surface area contributed by atoms with Gasteiger partial charge in [-0.15, -0.1) is 11.6 Å². The Morgan fingerprint density at radius 3 is 2.50 bits per heavy atom. The minimum atomic E-state index is -3.47. The van der Waals surface area contributed by atoms with Crippen molar-refractivity contribution in [2.45, 2.75) is 12.8 Å². The molecule has 0 atom stereocenters. The molecule has 0 fully saturated rings. The summed E-state index contributed by atoms with van der Waals surface area (Å²) in [6.45, 7) is 0. The van der Waals surface area contributed by atoms with Gasteiger partial charge in [0.2, 0.25) is 10.0 Å². The number of benzene rings is 1. The number of anilines is 1. The van der Waals surface area contributed by atoms with Crippen LogP contribution in [0.1, 0.15) is 23.2 Å². The second-order valence-corrected chi connectivity index (χ2v) is 6.78. The number of halogens is 1. The van der Waals surface area contributed by atoms with Crippen LogP contribution < -0.4 is 4.72 Å². The molecule has 0 saturated carbocycles. The molecule has 0 aliphatic heterocycles. The average Bonchev–Trinajstić information content (AvgIpc) is 2.38. The third kappa shape index (κ3) is 5.02. The minimum Gasteiger partial charge on any atom is -0.345 e. The van der Waals surface area contributed by atoms with Gasteiger partial charge in [-0.2, -0.15) is 0 Å². The molecule has 0 aliphatic carbocycles. The van der Waals surface area contributed by atoms with Gasteiger partial charge in [-0.1, -0.05) is 12.1 Å².